The molecule has 0 spiro atoms. The minimum atomic E-state index is -2.59. The summed E-state index contributed by atoms with van der Waals surface area (Å²) in [6, 6.07) is 7.70. The van der Waals surface area contributed by atoms with Crippen molar-refractivity contribution in [2.24, 2.45) is 0 Å². The van der Waals surface area contributed by atoms with Crippen LogP contribution in [0.15, 0.2) is 30.3 Å². The molecule has 6 N–H and O–H groups in total. The van der Waals surface area contributed by atoms with E-state index in [2.05, 4.69) is 0 Å². The highest BCUT2D eigenvalue weighted by atomic mass is 127. The van der Waals surface area contributed by atoms with Gasteiger partial charge in [0.05, 0.1) is 6.61 Å². The molecule has 8 nitrogen and oxygen atoms in total. The number of alkyl halides is 1. The van der Waals surface area contributed by atoms with Crippen LogP contribution in [0.5, 0.6) is 0 Å². The van der Waals surface area contributed by atoms with Crippen LogP contribution in [0.3, 0.4) is 0 Å². The van der Waals surface area contributed by atoms with Crippen molar-refractivity contribution in [1.82, 2.24) is 5.32 Å². The van der Waals surface area contributed by atoms with Crippen LogP contribution in [0.25, 0.3) is 0 Å². The smallest absolute Gasteiger partial charge is 0.271 e. The molecule has 0 unspecified atom stereocenters. The van der Waals surface area contributed by atoms with Gasteiger partial charge in [-0.15, -0.1) is 0 Å². The van der Waals surface area contributed by atoms with E-state index in [0.717, 1.165) is 22.6 Å². The molecule has 0 fully saturated rings. The molecule has 0 saturated heterocycles. The van der Waals surface area contributed by atoms with Gasteiger partial charge in [0.15, 0.2) is 0 Å². The SMILES string of the molecule is O=C(NC(=O)[C@@](O)(I)[C@@H](O)[C@H](O)[C@H](O)CO)c1ccccc1. The summed E-state index contributed by atoms with van der Waals surface area (Å²) in [5.41, 5.74) is 0.161. The van der Waals surface area contributed by atoms with Crippen LogP contribution in [0, 0.1) is 0 Å². The van der Waals surface area contributed by atoms with Gasteiger partial charge in [-0.2, -0.15) is 0 Å². The Morgan fingerprint density at radius 3 is 2.23 bits per heavy atom. The third kappa shape index (κ3) is 4.44. The minimum Gasteiger partial charge on any atom is -0.394 e. The number of imide groups is 1. The Kier molecular flexibility index (Phi) is 6.84. The van der Waals surface area contributed by atoms with Gasteiger partial charge in [0.1, 0.15) is 18.3 Å². The lowest BCUT2D eigenvalue weighted by Gasteiger charge is -2.30. The molecule has 0 saturated carbocycles. The summed E-state index contributed by atoms with van der Waals surface area (Å²) in [5, 5.41) is 49.1. The number of rotatable bonds is 6. The van der Waals surface area contributed by atoms with Gasteiger partial charge >= 0.3 is 0 Å². The van der Waals surface area contributed by atoms with E-state index in [1.54, 1.807) is 18.2 Å². The first-order valence-corrected chi connectivity index (χ1v) is 7.26. The number of amides is 2. The zero-order valence-corrected chi connectivity index (χ0v) is 13.4. The molecule has 1 aromatic rings. The summed E-state index contributed by atoms with van der Waals surface area (Å²) in [6.07, 6.45) is -5.86. The summed E-state index contributed by atoms with van der Waals surface area (Å²) in [6.45, 7) is -0.879. The molecule has 0 aliphatic heterocycles. The van der Waals surface area contributed by atoms with E-state index < -0.39 is 40.3 Å². The Labute approximate surface area is 139 Å². The maximum atomic E-state index is 11.9. The molecule has 0 heterocycles. The quantitative estimate of drug-likeness (QED) is 0.232. The topological polar surface area (TPSA) is 147 Å². The molecule has 0 bridgehead atoms. The summed E-state index contributed by atoms with van der Waals surface area (Å²) in [7, 11) is 0. The highest BCUT2D eigenvalue weighted by molar-refractivity contribution is 14.1. The van der Waals surface area contributed by atoms with Crippen LogP contribution in [0.4, 0.5) is 0 Å². The predicted molar refractivity (Wildman–Crippen MR) is 83.0 cm³/mol. The number of nitrogens with one attached hydrogen (secondary N) is 1. The average Bonchev–Trinajstić information content (AvgIpc) is 2.53. The van der Waals surface area contributed by atoms with Gasteiger partial charge in [0, 0.05) is 5.56 Å². The van der Waals surface area contributed by atoms with E-state index >= 15 is 0 Å². The van der Waals surface area contributed by atoms with Gasteiger partial charge in [-0.05, 0) is 34.7 Å². The standard InChI is InChI=1S/C13H16INO7/c14-13(22,10(19)9(18)8(17)6-16)12(21)15-11(20)7-4-2-1-3-5-7/h1-5,8-10,16-19,22H,6H2,(H,15,20,21)/t8-,9-,10+,13-/m1/s1. The maximum Gasteiger partial charge on any atom is 0.271 e. The lowest BCUT2D eigenvalue weighted by atomic mass is 10.0. The molecule has 9 heteroatoms. The first-order chi connectivity index (χ1) is 10.2. The third-order valence-electron chi connectivity index (χ3n) is 2.88. The van der Waals surface area contributed by atoms with E-state index in [4.69, 9.17) is 5.11 Å². The maximum absolute atomic E-state index is 11.9. The van der Waals surface area contributed by atoms with E-state index in [1.165, 1.54) is 12.1 Å². The molecule has 122 valence electrons. The Morgan fingerprint density at radius 1 is 1.18 bits per heavy atom. The second kappa shape index (κ2) is 7.94. The fraction of sp³-hybridized carbons (Fsp3) is 0.385. The molecular weight excluding hydrogens is 409 g/mol. The molecule has 0 aliphatic carbocycles. The van der Waals surface area contributed by atoms with Crippen LogP contribution >= 0.6 is 22.6 Å². The van der Waals surface area contributed by atoms with Gasteiger partial charge in [0.2, 0.25) is 3.61 Å². The lowest BCUT2D eigenvalue weighted by Crippen LogP contribution is -2.58. The van der Waals surface area contributed by atoms with Crippen molar-refractivity contribution < 1.29 is 35.1 Å². The predicted octanol–water partition coefficient (Wildman–Crippen LogP) is -1.86. The van der Waals surface area contributed by atoms with E-state index in [0.29, 0.717) is 0 Å². The van der Waals surface area contributed by atoms with Crippen molar-refractivity contribution in [2.75, 3.05) is 6.61 Å². The Bertz CT molecular complexity index is 522. The fourth-order valence-electron chi connectivity index (χ4n) is 1.53. The average molecular weight is 425 g/mol. The zero-order valence-electron chi connectivity index (χ0n) is 11.3. The summed E-state index contributed by atoms with van der Waals surface area (Å²) < 4.78 is -2.59. The number of aliphatic hydroxyl groups excluding tert-OH is 4. The molecule has 1 aromatic carbocycles. The van der Waals surface area contributed by atoms with Crippen molar-refractivity contribution in [3.63, 3.8) is 0 Å². The number of aliphatic hydroxyl groups is 5. The molecule has 22 heavy (non-hydrogen) atoms. The number of hydrogen-bond acceptors (Lipinski definition) is 7. The van der Waals surface area contributed by atoms with E-state index in [-0.39, 0.29) is 5.56 Å². The highest BCUT2D eigenvalue weighted by Crippen LogP contribution is 2.24. The third-order valence-corrected chi connectivity index (χ3v) is 4.01. The highest BCUT2D eigenvalue weighted by Gasteiger charge is 2.46. The molecule has 0 radical (unpaired) electrons. The van der Waals surface area contributed by atoms with Crippen molar-refractivity contribution in [3.05, 3.63) is 35.9 Å². The number of halogens is 1. The molecule has 1 rings (SSSR count). The number of carbonyl (C=O) groups is 2. The van der Waals surface area contributed by atoms with Crippen LogP contribution in [-0.2, 0) is 4.79 Å². The molecule has 4 atom stereocenters. The van der Waals surface area contributed by atoms with Crippen molar-refractivity contribution in [1.29, 1.82) is 0 Å². The molecule has 2 amide bonds. The fourth-order valence-corrected chi connectivity index (χ4v) is 2.03. The normalized spacial score (nSPS) is 17.9. The van der Waals surface area contributed by atoms with Gasteiger partial charge in [-0.25, -0.2) is 0 Å². The van der Waals surface area contributed by atoms with Crippen molar-refractivity contribution in [2.45, 2.75) is 21.9 Å². The second-order valence-electron chi connectivity index (χ2n) is 4.51. The van der Waals surface area contributed by atoms with Crippen molar-refractivity contribution in [3.8, 4) is 0 Å². The largest absolute Gasteiger partial charge is 0.394 e. The molecule has 0 aromatic heterocycles. The lowest BCUT2D eigenvalue weighted by molar-refractivity contribution is -0.151. The van der Waals surface area contributed by atoms with Crippen LogP contribution in [0.1, 0.15) is 10.4 Å². The van der Waals surface area contributed by atoms with E-state index in [9.17, 15) is 30.0 Å². The Morgan fingerprint density at radius 2 is 1.73 bits per heavy atom. The first-order valence-electron chi connectivity index (χ1n) is 6.19. The Hall–Kier alpha value is -1.11. The van der Waals surface area contributed by atoms with Gasteiger partial charge in [-0.3, -0.25) is 14.9 Å². The number of carbonyl (C=O) groups excluding carboxylic acids is 2. The zero-order chi connectivity index (χ0) is 16.9. The summed E-state index contributed by atoms with van der Waals surface area (Å²) >= 11 is 1.13. The first kappa shape index (κ1) is 18.9. The van der Waals surface area contributed by atoms with Gasteiger partial charge < -0.3 is 25.5 Å². The number of hydrogen-bond donors (Lipinski definition) is 6. The van der Waals surface area contributed by atoms with Crippen LogP contribution < -0.4 is 5.32 Å². The summed E-state index contributed by atoms with van der Waals surface area (Å²) in [5.74, 6) is -2.07. The van der Waals surface area contributed by atoms with Gasteiger partial charge in [-0.1, -0.05) is 18.2 Å². The Balaban J connectivity index is 2.80. The van der Waals surface area contributed by atoms with Crippen molar-refractivity contribution >= 4 is 34.4 Å². The second-order valence-corrected chi connectivity index (χ2v) is 6.15. The minimum absolute atomic E-state index is 0.161. The molecular formula is C13H16INO7. The number of benzene rings is 1. The van der Waals surface area contributed by atoms with E-state index in [1.807, 2.05) is 5.32 Å². The van der Waals surface area contributed by atoms with Crippen LogP contribution in [-0.4, -0.2) is 65.9 Å². The monoisotopic (exact) mass is 425 g/mol. The van der Waals surface area contributed by atoms with Crippen LogP contribution in [0.2, 0.25) is 0 Å². The van der Waals surface area contributed by atoms with Gasteiger partial charge in [0.25, 0.3) is 11.8 Å². The summed E-state index contributed by atoms with van der Waals surface area (Å²) in [4.78, 5) is 23.7. The molecule has 0 aliphatic rings.